The van der Waals surface area contributed by atoms with Crippen molar-refractivity contribution in [1.82, 2.24) is 20.1 Å². The zero-order valence-corrected chi connectivity index (χ0v) is 15.0. The SMILES string of the molecule is CC[C@H](C)NC(=O)c1ccc(-n2ncc(-c3ccc(C#N)cc3)c2O)nc1. The van der Waals surface area contributed by atoms with Gasteiger partial charge >= 0.3 is 0 Å². The van der Waals surface area contributed by atoms with E-state index in [2.05, 4.69) is 21.5 Å². The van der Waals surface area contributed by atoms with Crippen LogP contribution in [0.15, 0.2) is 48.8 Å². The first-order valence-corrected chi connectivity index (χ1v) is 8.58. The molecule has 1 aromatic carbocycles. The Morgan fingerprint density at radius 2 is 2.00 bits per heavy atom. The van der Waals surface area contributed by atoms with Crippen LogP contribution in [0.3, 0.4) is 0 Å². The van der Waals surface area contributed by atoms with Crippen LogP contribution in [0, 0.1) is 11.3 Å². The molecule has 2 N–H and O–H groups in total. The Hall–Kier alpha value is -3.66. The van der Waals surface area contributed by atoms with Gasteiger partial charge in [0.2, 0.25) is 5.88 Å². The van der Waals surface area contributed by atoms with Crippen LogP contribution in [-0.2, 0) is 0 Å². The van der Waals surface area contributed by atoms with Gasteiger partial charge in [0, 0.05) is 12.2 Å². The number of amides is 1. The second kappa shape index (κ2) is 7.70. The van der Waals surface area contributed by atoms with Crippen LogP contribution in [0.4, 0.5) is 0 Å². The molecule has 0 fully saturated rings. The lowest BCUT2D eigenvalue weighted by Crippen LogP contribution is -2.31. The zero-order valence-electron chi connectivity index (χ0n) is 15.0. The second-order valence-corrected chi connectivity index (χ2v) is 6.17. The molecule has 3 aromatic rings. The van der Waals surface area contributed by atoms with Gasteiger partial charge in [-0.15, -0.1) is 0 Å². The number of nitriles is 1. The normalized spacial score (nSPS) is 11.6. The van der Waals surface area contributed by atoms with Crippen LogP contribution >= 0.6 is 0 Å². The molecule has 0 radical (unpaired) electrons. The number of carbonyl (C=O) groups excluding carboxylic acids is 1. The fraction of sp³-hybridized carbons (Fsp3) is 0.200. The predicted molar refractivity (Wildman–Crippen MR) is 100 cm³/mol. The highest BCUT2D eigenvalue weighted by molar-refractivity contribution is 5.94. The van der Waals surface area contributed by atoms with Crippen molar-refractivity contribution in [3.05, 3.63) is 59.9 Å². The maximum absolute atomic E-state index is 12.1. The Morgan fingerprint density at radius 3 is 2.59 bits per heavy atom. The van der Waals surface area contributed by atoms with Crippen LogP contribution in [0.1, 0.15) is 36.2 Å². The van der Waals surface area contributed by atoms with Gasteiger partial charge in [0.15, 0.2) is 5.82 Å². The quantitative estimate of drug-likeness (QED) is 0.727. The van der Waals surface area contributed by atoms with Crippen LogP contribution in [0.2, 0.25) is 0 Å². The van der Waals surface area contributed by atoms with Crippen molar-refractivity contribution in [1.29, 1.82) is 5.26 Å². The Morgan fingerprint density at radius 1 is 1.26 bits per heavy atom. The third kappa shape index (κ3) is 3.80. The molecule has 7 nitrogen and oxygen atoms in total. The Kier molecular flexibility index (Phi) is 5.18. The van der Waals surface area contributed by atoms with E-state index in [9.17, 15) is 9.90 Å². The van der Waals surface area contributed by atoms with E-state index >= 15 is 0 Å². The van der Waals surface area contributed by atoms with Gasteiger partial charge in [-0.05, 0) is 43.2 Å². The monoisotopic (exact) mass is 361 g/mol. The number of hydrogen-bond acceptors (Lipinski definition) is 5. The first-order chi connectivity index (χ1) is 13.0. The minimum absolute atomic E-state index is 0.0657. The number of nitrogens with zero attached hydrogens (tertiary/aromatic N) is 4. The summed E-state index contributed by atoms with van der Waals surface area (Å²) in [6.07, 6.45) is 3.83. The van der Waals surface area contributed by atoms with Gasteiger partial charge in [-0.3, -0.25) is 4.79 Å². The fourth-order valence-electron chi connectivity index (χ4n) is 2.49. The minimum Gasteiger partial charge on any atom is -0.493 e. The van der Waals surface area contributed by atoms with Crippen LogP contribution in [-0.4, -0.2) is 31.8 Å². The molecule has 1 amide bonds. The maximum atomic E-state index is 12.1. The summed E-state index contributed by atoms with van der Waals surface area (Å²) >= 11 is 0. The van der Waals surface area contributed by atoms with Crippen LogP contribution < -0.4 is 5.32 Å². The average Bonchev–Trinajstić information content (AvgIpc) is 3.09. The van der Waals surface area contributed by atoms with Gasteiger partial charge in [0.05, 0.1) is 29.0 Å². The summed E-state index contributed by atoms with van der Waals surface area (Å²) in [5, 5.41) is 26.4. The number of benzene rings is 1. The van der Waals surface area contributed by atoms with Crippen molar-refractivity contribution in [2.75, 3.05) is 0 Å². The molecule has 136 valence electrons. The molecule has 3 rings (SSSR count). The molecule has 0 aliphatic carbocycles. The van der Waals surface area contributed by atoms with E-state index in [1.165, 1.54) is 17.1 Å². The molecular formula is C20H19N5O2. The van der Waals surface area contributed by atoms with Crippen LogP contribution in [0.25, 0.3) is 16.9 Å². The van der Waals surface area contributed by atoms with Gasteiger partial charge in [0.1, 0.15) is 0 Å². The number of pyridine rings is 1. The lowest BCUT2D eigenvalue weighted by molar-refractivity contribution is 0.0939. The largest absolute Gasteiger partial charge is 0.493 e. The first-order valence-electron chi connectivity index (χ1n) is 8.58. The van der Waals surface area contributed by atoms with Gasteiger partial charge in [-0.1, -0.05) is 19.1 Å². The van der Waals surface area contributed by atoms with E-state index in [1.807, 2.05) is 13.8 Å². The predicted octanol–water partition coefficient (Wildman–Crippen LogP) is 3.04. The standard InChI is InChI=1S/C20H19N5O2/c1-3-13(2)24-19(26)16-8-9-18(22-11-16)25-20(27)17(12-23-25)15-6-4-14(10-21)5-7-15/h4-9,11-13,27H,3H2,1-2H3,(H,24,26)/t13-/m0/s1. The highest BCUT2D eigenvalue weighted by Crippen LogP contribution is 2.30. The third-order valence-electron chi connectivity index (χ3n) is 4.29. The number of nitrogens with one attached hydrogen (secondary N) is 1. The second-order valence-electron chi connectivity index (χ2n) is 6.17. The third-order valence-corrected chi connectivity index (χ3v) is 4.29. The van der Waals surface area contributed by atoms with Gasteiger partial charge in [-0.2, -0.15) is 15.0 Å². The minimum atomic E-state index is -0.189. The van der Waals surface area contributed by atoms with Crippen molar-refractivity contribution in [3.63, 3.8) is 0 Å². The summed E-state index contributed by atoms with van der Waals surface area (Å²) in [6, 6.07) is 12.2. The fourth-order valence-corrected chi connectivity index (χ4v) is 2.49. The number of hydrogen-bond donors (Lipinski definition) is 2. The van der Waals surface area contributed by atoms with E-state index in [0.29, 0.717) is 22.5 Å². The van der Waals surface area contributed by atoms with Gasteiger partial charge < -0.3 is 10.4 Å². The van der Waals surface area contributed by atoms with Gasteiger partial charge in [-0.25, -0.2) is 4.98 Å². The first kappa shape index (κ1) is 18.1. The molecule has 0 saturated heterocycles. The van der Waals surface area contributed by atoms with Gasteiger partial charge in [0.25, 0.3) is 5.91 Å². The summed E-state index contributed by atoms with van der Waals surface area (Å²) in [6.45, 7) is 3.93. The number of carbonyl (C=O) groups is 1. The number of rotatable bonds is 5. The molecule has 0 bridgehead atoms. The van der Waals surface area contributed by atoms with Crippen molar-refractivity contribution in [3.8, 4) is 28.9 Å². The molecular weight excluding hydrogens is 342 g/mol. The van der Waals surface area contributed by atoms with Crippen molar-refractivity contribution >= 4 is 5.91 Å². The summed E-state index contributed by atoms with van der Waals surface area (Å²) in [4.78, 5) is 16.4. The summed E-state index contributed by atoms with van der Waals surface area (Å²) < 4.78 is 1.30. The lowest BCUT2D eigenvalue weighted by atomic mass is 10.1. The van der Waals surface area contributed by atoms with E-state index in [1.54, 1.807) is 36.4 Å². The van der Waals surface area contributed by atoms with E-state index in [0.717, 1.165) is 12.0 Å². The number of aromatic nitrogens is 3. The molecule has 0 saturated carbocycles. The van der Waals surface area contributed by atoms with Crippen molar-refractivity contribution in [2.24, 2.45) is 0 Å². The molecule has 2 heterocycles. The van der Waals surface area contributed by atoms with Crippen molar-refractivity contribution in [2.45, 2.75) is 26.3 Å². The molecule has 27 heavy (non-hydrogen) atoms. The molecule has 2 aromatic heterocycles. The lowest BCUT2D eigenvalue weighted by Gasteiger charge is -2.11. The molecule has 0 aliphatic rings. The molecule has 0 spiro atoms. The summed E-state index contributed by atoms with van der Waals surface area (Å²) in [5.74, 6) is 0.142. The van der Waals surface area contributed by atoms with Crippen molar-refractivity contribution < 1.29 is 9.90 Å². The highest BCUT2D eigenvalue weighted by atomic mass is 16.3. The molecule has 0 unspecified atom stereocenters. The van der Waals surface area contributed by atoms with E-state index in [-0.39, 0.29) is 17.8 Å². The number of aromatic hydroxyl groups is 1. The molecule has 1 atom stereocenters. The van der Waals surface area contributed by atoms with E-state index in [4.69, 9.17) is 5.26 Å². The Labute approximate surface area is 156 Å². The summed E-state index contributed by atoms with van der Waals surface area (Å²) in [7, 11) is 0. The van der Waals surface area contributed by atoms with Crippen LogP contribution in [0.5, 0.6) is 5.88 Å². The highest BCUT2D eigenvalue weighted by Gasteiger charge is 2.15. The Balaban J connectivity index is 1.84. The topological polar surface area (TPSA) is 104 Å². The average molecular weight is 361 g/mol. The molecule has 0 aliphatic heterocycles. The summed E-state index contributed by atoms with van der Waals surface area (Å²) in [5.41, 5.74) is 2.25. The maximum Gasteiger partial charge on any atom is 0.253 e. The molecule has 7 heteroatoms. The van der Waals surface area contributed by atoms with E-state index < -0.39 is 0 Å². The Bertz CT molecular complexity index is 985. The smallest absolute Gasteiger partial charge is 0.253 e. The zero-order chi connectivity index (χ0) is 19.4.